The minimum atomic E-state index is -1.09. The van der Waals surface area contributed by atoms with Crippen LogP contribution in [-0.2, 0) is 19.1 Å². The molecule has 0 bridgehead atoms. The van der Waals surface area contributed by atoms with Crippen LogP contribution in [0.5, 0.6) is 0 Å². The van der Waals surface area contributed by atoms with Crippen molar-refractivity contribution in [1.82, 2.24) is 0 Å². The molecule has 4 aromatic rings. The van der Waals surface area contributed by atoms with Gasteiger partial charge in [0.15, 0.2) is 6.10 Å². The van der Waals surface area contributed by atoms with Crippen molar-refractivity contribution < 1.29 is 24.0 Å². The fraction of sp³-hybridized carbons (Fsp3) is 0.147. The van der Waals surface area contributed by atoms with Gasteiger partial charge in [0, 0.05) is 17.8 Å². The molecule has 0 aliphatic carbocycles. The predicted octanol–water partition coefficient (Wildman–Crippen LogP) is 5.32. The van der Waals surface area contributed by atoms with Gasteiger partial charge in [0.25, 0.3) is 5.69 Å². The highest BCUT2D eigenvalue weighted by atomic mass is 16.6. The van der Waals surface area contributed by atoms with Crippen LogP contribution in [0.15, 0.2) is 115 Å². The molecular weight excluding hydrogens is 546 g/mol. The van der Waals surface area contributed by atoms with Crippen molar-refractivity contribution >= 4 is 40.9 Å². The molecule has 9 nitrogen and oxygen atoms in total. The van der Waals surface area contributed by atoms with Gasteiger partial charge in [-0.15, -0.1) is 0 Å². The third-order valence-corrected chi connectivity index (χ3v) is 8.41. The zero-order valence-electron chi connectivity index (χ0n) is 22.7. The minimum absolute atomic E-state index is 0.157. The van der Waals surface area contributed by atoms with E-state index in [-0.39, 0.29) is 11.4 Å². The second-order valence-corrected chi connectivity index (χ2v) is 10.7. The predicted molar refractivity (Wildman–Crippen MR) is 159 cm³/mol. The van der Waals surface area contributed by atoms with Crippen molar-refractivity contribution in [1.29, 1.82) is 0 Å². The maximum atomic E-state index is 14.4. The summed E-state index contributed by atoms with van der Waals surface area (Å²) in [5.41, 5.74) is 3.22. The lowest BCUT2D eigenvalue weighted by molar-refractivity contribution is -0.384. The molecule has 0 N–H and O–H groups in total. The normalized spacial score (nSPS) is 21.9. The van der Waals surface area contributed by atoms with Gasteiger partial charge in [0.1, 0.15) is 6.04 Å². The highest BCUT2D eigenvalue weighted by Gasteiger charge is 2.65. The van der Waals surface area contributed by atoms with Crippen molar-refractivity contribution in [3.63, 3.8) is 0 Å². The van der Waals surface area contributed by atoms with Crippen molar-refractivity contribution in [3.05, 3.63) is 142 Å². The summed E-state index contributed by atoms with van der Waals surface area (Å²) in [5.74, 6) is -3.49. The number of nitro benzene ring substituents is 1. The van der Waals surface area contributed by atoms with Crippen molar-refractivity contribution in [2.45, 2.75) is 18.2 Å². The largest absolute Gasteiger partial charge is 0.451 e. The molecule has 0 saturated carbocycles. The molecule has 2 saturated heterocycles. The van der Waals surface area contributed by atoms with Crippen LogP contribution in [0, 0.1) is 22.0 Å². The van der Waals surface area contributed by atoms with E-state index in [1.165, 1.54) is 24.3 Å². The number of carbonyl (C=O) groups is 3. The molecule has 4 atom stereocenters. The standard InChI is InChI=1S/C34H25N3O6/c38-32-28-27-20-15-21-9-7-8-14-26(21)36(27)30(29(28)33(39)35(32)24-16-18-25(19-17-24)37(41)42)34(40)43-31(22-10-3-1-4-11-22)23-12-5-2-6-13-23/h1-20,27-31H/t27-,28+,29+,30-/m0/s1. The van der Waals surface area contributed by atoms with E-state index in [9.17, 15) is 24.5 Å². The summed E-state index contributed by atoms with van der Waals surface area (Å²) in [7, 11) is 0. The summed E-state index contributed by atoms with van der Waals surface area (Å²) in [6, 6.07) is 29.9. The highest BCUT2D eigenvalue weighted by Crippen LogP contribution is 2.50. The molecule has 7 rings (SSSR count). The van der Waals surface area contributed by atoms with Crippen LogP contribution in [-0.4, -0.2) is 34.8 Å². The number of rotatable bonds is 6. The number of esters is 1. The van der Waals surface area contributed by atoms with Crippen molar-refractivity contribution in [2.24, 2.45) is 11.8 Å². The number of hydrogen-bond donors (Lipinski definition) is 0. The van der Waals surface area contributed by atoms with Gasteiger partial charge in [0.05, 0.1) is 28.5 Å². The number of benzene rings is 4. The fourth-order valence-electron chi connectivity index (χ4n) is 6.53. The van der Waals surface area contributed by atoms with E-state index in [2.05, 4.69) is 0 Å². The van der Waals surface area contributed by atoms with Gasteiger partial charge >= 0.3 is 5.97 Å². The van der Waals surface area contributed by atoms with E-state index in [0.29, 0.717) is 0 Å². The molecule has 2 fully saturated rings. The van der Waals surface area contributed by atoms with Crippen LogP contribution >= 0.6 is 0 Å². The SMILES string of the molecule is O=C(OC(c1ccccc1)c1ccccc1)[C@@H]1[C@@H]2C(=O)N(c3ccc([N+](=O)[O-])cc3)C(=O)[C@@H]2[C@@H]2C=Cc3ccccc3N12. The van der Waals surface area contributed by atoms with E-state index >= 15 is 0 Å². The topological polar surface area (TPSA) is 110 Å². The Bertz CT molecular complexity index is 1730. The molecule has 0 radical (unpaired) electrons. The highest BCUT2D eigenvalue weighted by molar-refractivity contribution is 6.24. The van der Waals surface area contributed by atoms with Gasteiger partial charge in [-0.1, -0.05) is 91.0 Å². The number of nitro groups is 1. The summed E-state index contributed by atoms with van der Waals surface area (Å²) in [5, 5.41) is 11.2. The molecule has 0 aromatic heterocycles. The van der Waals surface area contributed by atoms with Crippen LogP contribution in [0.1, 0.15) is 22.8 Å². The number of fused-ring (bicyclic) bond motifs is 5. The molecule has 3 heterocycles. The number of para-hydroxylation sites is 1. The second-order valence-electron chi connectivity index (χ2n) is 10.7. The van der Waals surface area contributed by atoms with Crippen LogP contribution in [0.2, 0.25) is 0 Å². The molecular formula is C34H25N3O6. The monoisotopic (exact) mass is 571 g/mol. The Hall–Kier alpha value is -5.57. The van der Waals surface area contributed by atoms with Gasteiger partial charge in [-0.3, -0.25) is 19.7 Å². The molecule has 0 spiro atoms. The number of non-ortho nitro benzene ring substituents is 1. The van der Waals surface area contributed by atoms with Gasteiger partial charge in [-0.2, -0.15) is 0 Å². The van der Waals surface area contributed by atoms with Crippen LogP contribution in [0.3, 0.4) is 0 Å². The van der Waals surface area contributed by atoms with Crippen LogP contribution < -0.4 is 9.80 Å². The minimum Gasteiger partial charge on any atom is -0.451 e. The average Bonchev–Trinajstić information content (AvgIpc) is 3.53. The number of amides is 2. The number of nitrogens with zero attached hydrogens (tertiary/aromatic N) is 3. The van der Waals surface area contributed by atoms with E-state index in [0.717, 1.165) is 27.3 Å². The first kappa shape index (κ1) is 26.3. The lowest BCUT2D eigenvalue weighted by Gasteiger charge is -2.36. The Labute approximate surface area is 246 Å². The number of imide groups is 1. The molecule has 0 unspecified atom stereocenters. The molecule has 3 aliphatic rings. The maximum Gasteiger partial charge on any atom is 0.330 e. The lowest BCUT2D eigenvalue weighted by atomic mass is 9.88. The van der Waals surface area contributed by atoms with Crippen LogP contribution in [0.4, 0.5) is 17.1 Å². The van der Waals surface area contributed by atoms with E-state index in [1.54, 1.807) is 0 Å². The zero-order valence-corrected chi connectivity index (χ0v) is 22.7. The first-order valence-corrected chi connectivity index (χ1v) is 13.9. The Morgan fingerprint density at radius 3 is 1.98 bits per heavy atom. The summed E-state index contributed by atoms with van der Waals surface area (Å²) < 4.78 is 6.28. The van der Waals surface area contributed by atoms with Gasteiger partial charge < -0.3 is 9.64 Å². The third-order valence-electron chi connectivity index (χ3n) is 8.41. The second kappa shape index (κ2) is 10.4. The summed E-state index contributed by atoms with van der Waals surface area (Å²) in [6.45, 7) is 0. The molecule has 9 heteroatoms. The Morgan fingerprint density at radius 2 is 1.35 bits per heavy atom. The Kier molecular flexibility index (Phi) is 6.35. The van der Waals surface area contributed by atoms with Crippen molar-refractivity contribution in [3.8, 4) is 0 Å². The summed E-state index contributed by atoms with van der Waals surface area (Å²) in [6.07, 6.45) is 3.04. The van der Waals surface area contributed by atoms with Crippen LogP contribution in [0.25, 0.3) is 6.08 Å². The summed E-state index contributed by atoms with van der Waals surface area (Å²) >= 11 is 0. The zero-order chi connectivity index (χ0) is 29.7. The number of ether oxygens (including phenoxy) is 1. The maximum absolute atomic E-state index is 14.4. The first-order valence-electron chi connectivity index (χ1n) is 13.9. The van der Waals surface area contributed by atoms with Gasteiger partial charge in [-0.25, -0.2) is 9.69 Å². The van der Waals surface area contributed by atoms with Gasteiger partial charge in [-0.05, 0) is 34.9 Å². The number of hydrogen-bond acceptors (Lipinski definition) is 7. The van der Waals surface area contributed by atoms with E-state index in [1.807, 2.05) is 102 Å². The molecule has 3 aliphatic heterocycles. The first-order chi connectivity index (χ1) is 20.9. The van der Waals surface area contributed by atoms with Gasteiger partial charge in [0.2, 0.25) is 11.8 Å². The molecule has 2 amide bonds. The van der Waals surface area contributed by atoms with E-state index in [4.69, 9.17) is 4.74 Å². The Balaban J connectivity index is 1.30. The molecule has 43 heavy (non-hydrogen) atoms. The summed E-state index contributed by atoms with van der Waals surface area (Å²) in [4.78, 5) is 56.0. The number of anilines is 2. The Morgan fingerprint density at radius 1 is 0.767 bits per heavy atom. The lowest BCUT2D eigenvalue weighted by Crippen LogP contribution is -2.49. The van der Waals surface area contributed by atoms with Crippen molar-refractivity contribution in [2.75, 3.05) is 9.80 Å². The average molecular weight is 572 g/mol. The molecule has 4 aromatic carbocycles. The smallest absolute Gasteiger partial charge is 0.330 e. The number of carbonyl (C=O) groups excluding carboxylic acids is 3. The third kappa shape index (κ3) is 4.28. The van der Waals surface area contributed by atoms with E-state index < -0.39 is 52.7 Å². The quantitative estimate of drug-likeness (QED) is 0.133. The fourth-order valence-corrected chi connectivity index (χ4v) is 6.53. The molecule has 212 valence electrons.